The Morgan fingerprint density at radius 1 is 1.75 bits per heavy atom. The van der Waals surface area contributed by atoms with E-state index < -0.39 is 0 Å². The Morgan fingerprint density at radius 3 is 3.17 bits per heavy atom. The summed E-state index contributed by atoms with van der Waals surface area (Å²) in [4.78, 5) is 11.0. The highest BCUT2D eigenvalue weighted by molar-refractivity contribution is 5.77. The fourth-order valence-electron chi connectivity index (χ4n) is 1.38. The molecule has 1 amide bonds. The minimum atomic E-state index is -0.0220. The molecule has 1 aliphatic rings. The van der Waals surface area contributed by atoms with Gasteiger partial charge in [-0.2, -0.15) is 0 Å². The SMILES string of the molecule is COCC(=O)NC1CCCNC1. The van der Waals surface area contributed by atoms with Gasteiger partial charge in [0.15, 0.2) is 0 Å². The van der Waals surface area contributed by atoms with Gasteiger partial charge in [-0.25, -0.2) is 0 Å². The van der Waals surface area contributed by atoms with Gasteiger partial charge in [0.2, 0.25) is 5.91 Å². The maximum absolute atomic E-state index is 11.0. The van der Waals surface area contributed by atoms with Gasteiger partial charge in [0.25, 0.3) is 0 Å². The van der Waals surface area contributed by atoms with Crippen molar-refractivity contribution in [2.24, 2.45) is 0 Å². The molecule has 0 aromatic rings. The molecule has 0 radical (unpaired) electrons. The Labute approximate surface area is 72.7 Å². The van der Waals surface area contributed by atoms with Gasteiger partial charge in [-0.15, -0.1) is 0 Å². The first kappa shape index (κ1) is 9.48. The highest BCUT2D eigenvalue weighted by Gasteiger charge is 2.14. The summed E-state index contributed by atoms with van der Waals surface area (Å²) in [6, 6.07) is 0.293. The second-order valence-electron chi connectivity index (χ2n) is 3.04. The Bertz CT molecular complexity index is 144. The van der Waals surface area contributed by atoms with Gasteiger partial charge in [-0.1, -0.05) is 0 Å². The van der Waals surface area contributed by atoms with E-state index in [0.717, 1.165) is 25.9 Å². The fraction of sp³-hybridized carbons (Fsp3) is 0.875. The van der Waals surface area contributed by atoms with Crippen molar-refractivity contribution < 1.29 is 9.53 Å². The zero-order valence-corrected chi connectivity index (χ0v) is 7.43. The van der Waals surface area contributed by atoms with Crippen LogP contribution in [-0.2, 0) is 9.53 Å². The predicted molar refractivity (Wildman–Crippen MR) is 45.9 cm³/mol. The van der Waals surface area contributed by atoms with Crippen LogP contribution in [-0.4, -0.2) is 38.8 Å². The Morgan fingerprint density at radius 2 is 2.58 bits per heavy atom. The normalized spacial score (nSPS) is 23.6. The summed E-state index contributed by atoms with van der Waals surface area (Å²) in [5.74, 6) is -0.0220. The molecule has 0 saturated carbocycles. The fourth-order valence-corrected chi connectivity index (χ4v) is 1.38. The average Bonchev–Trinajstić information content (AvgIpc) is 2.06. The van der Waals surface area contributed by atoms with E-state index in [1.807, 2.05) is 0 Å². The molecule has 0 aromatic carbocycles. The van der Waals surface area contributed by atoms with Crippen LogP contribution in [0.3, 0.4) is 0 Å². The highest BCUT2D eigenvalue weighted by atomic mass is 16.5. The van der Waals surface area contributed by atoms with Gasteiger partial charge in [0.05, 0.1) is 0 Å². The summed E-state index contributed by atoms with van der Waals surface area (Å²) in [5.41, 5.74) is 0. The van der Waals surface area contributed by atoms with E-state index in [9.17, 15) is 4.79 Å². The highest BCUT2D eigenvalue weighted by Crippen LogP contribution is 2.00. The van der Waals surface area contributed by atoms with Crippen molar-refractivity contribution in [2.45, 2.75) is 18.9 Å². The molecule has 0 aromatic heterocycles. The zero-order valence-electron chi connectivity index (χ0n) is 7.43. The van der Waals surface area contributed by atoms with E-state index in [-0.39, 0.29) is 12.5 Å². The molecule has 0 aliphatic carbocycles. The van der Waals surface area contributed by atoms with Crippen LogP contribution >= 0.6 is 0 Å². The molecule has 0 bridgehead atoms. The van der Waals surface area contributed by atoms with Gasteiger partial charge in [0.1, 0.15) is 6.61 Å². The lowest BCUT2D eigenvalue weighted by Crippen LogP contribution is -2.46. The number of rotatable bonds is 3. The molecular weight excluding hydrogens is 156 g/mol. The lowest BCUT2D eigenvalue weighted by atomic mass is 10.1. The average molecular weight is 172 g/mol. The summed E-state index contributed by atoms with van der Waals surface area (Å²) in [6.45, 7) is 2.11. The number of methoxy groups -OCH3 is 1. The van der Waals surface area contributed by atoms with Crippen LogP contribution in [0.2, 0.25) is 0 Å². The second-order valence-corrected chi connectivity index (χ2v) is 3.04. The zero-order chi connectivity index (χ0) is 8.81. The van der Waals surface area contributed by atoms with E-state index in [1.54, 1.807) is 0 Å². The van der Waals surface area contributed by atoms with Crippen molar-refractivity contribution in [3.8, 4) is 0 Å². The minimum absolute atomic E-state index is 0.0220. The summed E-state index contributed by atoms with van der Waals surface area (Å²) in [6.07, 6.45) is 2.21. The second kappa shape index (κ2) is 5.11. The topological polar surface area (TPSA) is 50.4 Å². The minimum Gasteiger partial charge on any atom is -0.375 e. The molecular formula is C8H16N2O2. The van der Waals surface area contributed by atoms with Crippen molar-refractivity contribution in [3.63, 3.8) is 0 Å². The number of hydrogen-bond donors (Lipinski definition) is 2. The van der Waals surface area contributed by atoms with Crippen molar-refractivity contribution in [3.05, 3.63) is 0 Å². The van der Waals surface area contributed by atoms with E-state index >= 15 is 0 Å². The molecule has 2 N–H and O–H groups in total. The molecule has 1 rings (SSSR count). The van der Waals surface area contributed by atoms with Gasteiger partial charge < -0.3 is 15.4 Å². The Balaban J connectivity index is 2.15. The van der Waals surface area contributed by atoms with Crippen molar-refractivity contribution in [2.75, 3.05) is 26.8 Å². The maximum atomic E-state index is 11.0. The number of carbonyl (C=O) groups excluding carboxylic acids is 1. The molecule has 1 saturated heterocycles. The lowest BCUT2D eigenvalue weighted by molar-refractivity contribution is -0.125. The van der Waals surface area contributed by atoms with Crippen LogP contribution in [0, 0.1) is 0 Å². The lowest BCUT2D eigenvalue weighted by Gasteiger charge is -2.23. The number of ether oxygens (including phenoxy) is 1. The summed E-state index contributed by atoms with van der Waals surface area (Å²) < 4.78 is 4.71. The van der Waals surface area contributed by atoms with Crippen LogP contribution in [0.25, 0.3) is 0 Å². The van der Waals surface area contributed by atoms with Crippen LogP contribution in [0.4, 0.5) is 0 Å². The summed E-state index contributed by atoms with van der Waals surface area (Å²) in [7, 11) is 1.53. The van der Waals surface area contributed by atoms with E-state index in [1.165, 1.54) is 7.11 Å². The molecule has 12 heavy (non-hydrogen) atoms. The number of piperidine rings is 1. The third kappa shape index (κ3) is 3.19. The third-order valence-electron chi connectivity index (χ3n) is 1.94. The standard InChI is InChI=1S/C8H16N2O2/c1-12-6-8(11)10-7-3-2-4-9-5-7/h7,9H,2-6H2,1H3,(H,10,11). The number of amides is 1. The number of nitrogens with one attached hydrogen (secondary N) is 2. The van der Waals surface area contributed by atoms with Gasteiger partial charge >= 0.3 is 0 Å². The first-order valence-electron chi connectivity index (χ1n) is 4.32. The molecule has 0 spiro atoms. The van der Waals surface area contributed by atoms with Crippen LogP contribution in [0.15, 0.2) is 0 Å². The van der Waals surface area contributed by atoms with Crippen LogP contribution in [0.1, 0.15) is 12.8 Å². The largest absolute Gasteiger partial charge is 0.375 e. The smallest absolute Gasteiger partial charge is 0.246 e. The molecule has 1 heterocycles. The molecule has 1 unspecified atom stereocenters. The van der Waals surface area contributed by atoms with Crippen molar-refractivity contribution in [1.82, 2.24) is 10.6 Å². The molecule has 70 valence electrons. The third-order valence-corrected chi connectivity index (χ3v) is 1.94. The van der Waals surface area contributed by atoms with Crippen molar-refractivity contribution in [1.29, 1.82) is 0 Å². The summed E-state index contributed by atoms with van der Waals surface area (Å²) >= 11 is 0. The molecule has 4 nitrogen and oxygen atoms in total. The van der Waals surface area contributed by atoms with Crippen LogP contribution in [0.5, 0.6) is 0 Å². The molecule has 1 aliphatic heterocycles. The first-order chi connectivity index (χ1) is 5.83. The number of carbonyl (C=O) groups is 1. The predicted octanol–water partition coefficient (Wildman–Crippen LogP) is -0.499. The molecule has 1 fully saturated rings. The Kier molecular flexibility index (Phi) is 4.04. The monoisotopic (exact) mass is 172 g/mol. The Hall–Kier alpha value is -0.610. The van der Waals surface area contributed by atoms with Gasteiger partial charge in [-0.05, 0) is 19.4 Å². The molecule has 1 atom stereocenters. The first-order valence-corrected chi connectivity index (χ1v) is 4.32. The van der Waals surface area contributed by atoms with Crippen LogP contribution < -0.4 is 10.6 Å². The quantitative estimate of drug-likeness (QED) is 0.603. The van der Waals surface area contributed by atoms with Gasteiger partial charge in [-0.3, -0.25) is 4.79 Å². The van der Waals surface area contributed by atoms with Gasteiger partial charge in [0, 0.05) is 19.7 Å². The van der Waals surface area contributed by atoms with E-state index in [2.05, 4.69) is 10.6 Å². The summed E-state index contributed by atoms with van der Waals surface area (Å²) in [5, 5.41) is 6.12. The van der Waals surface area contributed by atoms with E-state index in [4.69, 9.17) is 4.74 Å². The maximum Gasteiger partial charge on any atom is 0.246 e. The number of hydrogen-bond acceptors (Lipinski definition) is 3. The van der Waals surface area contributed by atoms with Crippen molar-refractivity contribution >= 4 is 5.91 Å². The molecule has 4 heteroatoms. The van der Waals surface area contributed by atoms with E-state index in [0.29, 0.717) is 6.04 Å².